The third-order valence-electron chi connectivity index (χ3n) is 1.92. The maximum atomic E-state index is 13.2. The van der Waals surface area contributed by atoms with Crippen molar-refractivity contribution in [2.75, 3.05) is 0 Å². The summed E-state index contributed by atoms with van der Waals surface area (Å²) in [5, 5.41) is 0. The van der Waals surface area contributed by atoms with Gasteiger partial charge in [-0.25, -0.2) is 9.38 Å². The summed E-state index contributed by atoms with van der Waals surface area (Å²) in [6.45, 7) is 5.88. The number of benzene rings is 1. The van der Waals surface area contributed by atoms with Gasteiger partial charge in [-0.05, 0) is 28.1 Å². The Morgan fingerprint density at radius 2 is 2.00 bits per heavy atom. The Hall–Kier alpha value is -0.900. The van der Waals surface area contributed by atoms with Crippen LogP contribution in [0.2, 0.25) is 0 Å². The summed E-state index contributed by atoms with van der Waals surface area (Å²) >= 11 is 3.08. The number of nitrogens with zero attached hydrogens (tertiary/aromatic N) is 1. The molecule has 0 saturated heterocycles. The lowest BCUT2D eigenvalue weighted by Crippen LogP contribution is -2.28. The van der Waals surface area contributed by atoms with Crippen LogP contribution in [0.25, 0.3) is 0 Å². The van der Waals surface area contributed by atoms with Crippen molar-refractivity contribution in [3.8, 4) is 0 Å². The van der Waals surface area contributed by atoms with Crippen molar-refractivity contribution >= 4 is 27.5 Å². The highest BCUT2D eigenvalue weighted by atomic mass is 79.9. The summed E-state index contributed by atoms with van der Waals surface area (Å²) in [6, 6.07) is 4.68. The van der Waals surface area contributed by atoms with Crippen LogP contribution >= 0.6 is 15.9 Å². The first-order valence-electron chi connectivity index (χ1n) is 4.60. The van der Waals surface area contributed by atoms with Gasteiger partial charge in [-0.2, -0.15) is 0 Å². The predicted octanol–water partition coefficient (Wildman–Crippen LogP) is 3.62. The lowest BCUT2D eigenvalue weighted by molar-refractivity contribution is 0.585. The van der Waals surface area contributed by atoms with E-state index in [9.17, 15) is 4.39 Å². The molecule has 2 N–H and O–H groups in total. The van der Waals surface area contributed by atoms with E-state index in [-0.39, 0.29) is 11.2 Å². The molecule has 0 radical (unpaired) electrons. The summed E-state index contributed by atoms with van der Waals surface area (Å²) in [7, 11) is 0. The van der Waals surface area contributed by atoms with Gasteiger partial charge in [-0.1, -0.05) is 20.8 Å². The monoisotopic (exact) mass is 272 g/mol. The molecule has 1 aromatic rings. The number of halogens is 2. The third kappa shape index (κ3) is 3.30. The van der Waals surface area contributed by atoms with Crippen molar-refractivity contribution in [2.24, 2.45) is 16.1 Å². The molecule has 0 aliphatic heterocycles. The van der Waals surface area contributed by atoms with Gasteiger partial charge >= 0.3 is 0 Å². The highest BCUT2D eigenvalue weighted by molar-refractivity contribution is 9.10. The molecule has 0 spiro atoms. The molecule has 0 fully saturated rings. The van der Waals surface area contributed by atoms with E-state index in [2.05, 4.69) is 20.9 Å². The van der Waals surface area contributed by atoms with Gasteiger partial charge in [0.1, 0.15) is 11.7 Å². The maximum absolute atomic E-state index is 13.2. The van der Waals surface area contributed by atoms with E-state index in [0.717, 1.165) is 0 Å². The standard InChI is InChI=1S/C11H14BrFN2/c1-11(2,3)10(14)15-7-4-5-8(12)9(13)6-7/h4-6H,1-3H3,(H2,14,15). The van der Waals surface area contributed by atoms with Crippen LogP contribution in [0.15, 0.2) is 27.7 Å². The Balaban J connectivity index is 3.04. The van der Waals surface area contributed by atoms with Gasteiger partial charge in [0.15, 0.2) is 0 Å². The highest BCUT2D eigenvalue weighted by Gasteiger charge is 2.15. The zero-order chi connectivity index (χ0) is 11.6. The van der Waals surface area contributed by atoms with Crippen LogP contribution in [-0.2, 0) is 0 Å². The number of rotatable bonds is 1. The molecular weight excluding hydrogens is 259 g/mol. The zero-order valence-electron chi connectivity index (χ0n) is 9.01. The van der Waals surface area contributed by atoms with E-state index in [1.807, 2.05) is 20.8 Å². The summed E-state index contributed by atoms with van der Waals surface area (Å²) in [6.07, 6.45) is 0. The Bertz CT molecular complexity index is 394. The molecule has 1 rings (SSSR count). The van der Waals surface area contributed by atoms with E-state index in [0.29, 0.717) is 16.0 Å². The number of amidine groups is 1. The van der Waals surface area contributed by atoms with Gasteiger partial charge in [0, 0.05) is 11.5 Å². The number of nitrogens with two attached hydrogens (primary N) is 1. The fourth-order valence-corrected chi connectivity index (χ4v) is 1.11. The number of hydrogen-bond acceptors (Lipinski definition) is 1. The predicted molar refractivity (Wildman–Crippen MR) is 64.8 cm³/mol. The molecule has 0 saturated carbocycles. The Morgan fingerprint density at radius 3 is 2.47 bits per heavy atom. The van der Waals surface area contributed by atoms with Crippen molar-refractivity contribution in [3.63, 3.8) is 0 Å². The lowest BCUT2D eigenvalue weighted by Gasteiger charge is -2.17. The average molecular weight is 273 g/mol. The van der Waals surface area contributed by atoms with Crippen LogP contribution in [-0.4, -0.2) is 5.84 Å². The van der Waals surface area contributed by atoms with Crippen LogP contribution < -0.4 is 5.73 Å². The molecule has 0 heterocycles. The fourth-order valence-electron chi connectivity index (χ4n) is 0.861. The fraction of sp³-hybridized carbons (Fsp3) is 0.364. The minimum atomic E-state index is -0.335. The summed E-state index contributed by atoms with van der Waals surface area (Å²) in [4.78, 5) is 4.17. The number of hydrogen-bond donors (Lipinski definition) is 1. The second kappa shape index (κ2) is 4.31. The van der Waals surface area contributed by atoms with Gasteiger partial charge < -0.3 is 5.73 Å². The molecule has 4 heteroatoms. The average Bonchev–Trinajstić information content (AvgIpc) is 2.10. The van der Waals surface area contributed by atoms with Gasteiger partial charge in [0.25, 0.3) is 0 Å². The largest absolute Gasteiger partial charge is 0.387 e. The first kappa shape index (κ1) is 12.2. The molecule has 15 heavy (non-hydrogen) atoms. The molecule has 2 nitrogen and oxygen atoms in total. The molecule has 0 amide bonds. The molecule has 0 aromatic heterocycles. The van der Waals surface area contributed by atoms with Crippen molar-refractivity contribution in [1.29, 1.82) is 0 Å². The molecule has 0 aliphatic carbocycles. The summed E-state index contributed by atoms with van der Waals surface area (Å²) in [5.41, 5.74) is 6.11. The molecule has 0 unspecified atom stereocenters. The van der Waals surface area contributed by atoms with Crippen molar-refractivity contribution in [3.05, 3.63) is 28.5 Å². The second-order valence-electron chi connectivity index (χ2n) is 4.35. The van der Waals surface area contributed by atoms with Gasteiger partial charge in [-0.3, -0.25) is 0 Å². The maximum Gasteiger partial charge on any atom is 0.139 e. The van der Waals surface area contributed by atoms with Crippen LogP contribution in [0.5, 0.6) is 0 Å². The topological polar surface area (TPSA) is 38.4 Å². The Labute approximate surface area is 97.5 Å². The van der Waals surface area contributed by atoms with Gasteiger partial charge in [-0.15, -0.1) is 0 Å². The number of aliphatic imine (C=N–C) groups is 1. The molecule has 0 aliphatic rings. The summed E-state index contributed by atoms with van der Waals surface area (Å²) in [5.74, 6) is 0.155. The van der Waals surface area contributed by atoms with Crippen LogP contribution in [0.4, 0.5) is 10.1 Å². The molecule has 0 atom stereocenters. The Kier molecular flexibility index (Phi) is 3.50. The van der Waals surface area contributed by atoms with Crippen molar-refractivity contribution in [1.82, 2.24) is 0 Å². The molecule has 82 valence electrons. The van der Waals surface area contributed by atoms with Crippen LogP contribution in [0.3, 0.4) is 0 Å². The highest BCUT2D eigenvalue weighted by Crippen LogP contribution is 2.23. The third-order valence-corrected chi connectivity index (χ3v) is 2.56. The summed E-state index contributed by atoms with van der Waals surface area (Å²) < 4.78 is 13.6. The van der Waals surface area contributed by atoms with Crippen molar-refractivity contribution < 1.29 is 4.39 Å². The first-order valence-corrected chi connectivity index (χ1v) is 5.39. The van der Waals surface area contributed by atoms with E-state index < -0.39 is 0 Å². The van der Waals surface area contributed by atoms with Crippen molar-refractivity contribution in [2.45, 2.75) is 20.8 Å². The molecular formula is C11H14BrFN2. The van der Waals surface area contributed by atoms with Gasteiger partial charge in [0.05, 0.1) is 10.2 Å². The second-order valence-corrected chi connectivity index (χ2v) is 5.20. The van der Waals surface area contributed by atoms with E-state index in [1.54, 1.807) is 12.1 Å². The minimum Gasteiger partial charge on any atom is -0.387 e. The lowest BCUT2D eigenvalue weighted by atomic mass is 9.95. The van der Waals surface area contributed by atoms with Crippen LogP contribution in [0, 0.1) is 11.2 Å². The normalized spacial score (nSPS) is 13.0. The van der Waals surface area contributed by atoms with E-state index in [1.165, 1.54) is 6.07 Å². The molecule has 0 bridgehead atoms. The van der Waals surface area contributed by atoms with E-state index >= 15 is 0 Å². The minimum absolute atomic E-state index is 0.205. The Morgan fingerprint density at radius 1 is 1.40 bits per heavy atom. The zero-order valence-corrected chi connectivity index (χ0v) is 10.6. The first-order chi connectivity index (χ1) is 6.80. The van der Waals surface area contributed by atoms with Gasteiger partial charge in [0.2, 0.25) is 0 Å². The SMILES string of the molecule is CC(C)(C)C(N)=Nc1ccc(Br)c(F)c1. The van der Waals surface area contributed by atoms with E-state index in [4.69, 9.17) is 5.73 Å². The smallest absolute Gasteiger partial charge is 0.139 e. The van der Waals surface area contributed by atoms with Crippen LogP contribution in [0.1, 0.15) is 20.8 Å². The quantitative estimate of drug-likeness (QED) is 0.616. The molecule has 1 aromatic carbocycles.